The van der Waals surface area contributed by atoms with Gasteiger partial charge in [-0.25, -0.2) is 0 Å². The van der Waals surface area contributed by atoms with Crippen molar-refractivity contribution in [1.82, 2.24) is 10.3 Å². The molecule has 5 heteroatoms. The lowest BCUT2D eigenvalue weighted by molar-refractivity contribution is -0.133. The van der Waals surface area contributed by atoms with Crippen LogP contribution in [0.25, 0.3) is 10.8 Å². The van der Waals surface area contributed by atoms with Crippen molar-refractivity contribution in [2.45, 2.75) is 32.4 Å². The minimum atomic E-state index is -0.515. The number of nitrogens with one attached hydrogen (secondary N) is 1. The molecule has 2 atom stereocenters. The Hall–Kier alpha value is -2.43. The van der Waals surface area contributed by atoms with Gasteiger partial charge in [-0.05, 0) is 25.5 Å². The number of piperazine rings is 1. The molecule has 0 radical (unpaired) electrons. The number of hydrogen-bond acceptors (Lipinski definition) is 3. The van der Waals surface area contributed by atoms with E-state index in [1.165, 1.54) is 0 Å². The molecular weight excluding hydrogens is 266 g/mol. The van der Waals surface area contributed by atoms with Crippen LogP contribution in [0.3, 0.4) is 0 Å². The SMILES string of the molecule is CCC1NC(=O)C(C)N(c2cccc3cnccc23)C1=O. The molecule has 2 aromatic rings. The first kappa shape index (κ1) is 13.5. The number of amides is 2. The van der Waals surface area contributed by atoms with Crippen molar-refractivity contribution in [1.29, 1.82) is 0 Å². The normalized spacial score (nSPS) is 22.5. The number of carbonyl (C=O) groups is 2. The third-order valence-corrected chi connectivity index (χ3v) is 3.94. The Morgan fingerprint density at radius 1 is 1.29 bits per heavy atom. The van der Waals surface area contributed by atoms with Crippen LogP contribution in [-0.4, -0.2) is 28.9 Å². The van der Waals surface area contributed by atoms with Gasteiger partial charge in [0, 0.05) is 23.2 Å². The smallest absolute Gasteiger partial charge is 0.250 e. The van der Waals surface area contributed by atoms with Gasteiger partial charge < -0.3 is 5.32 Å². The molecule has 21 heavy (non-hydrogen) atoms. The summed E-state index contributed by atoms with van der Waals surface area (Å²) in [6.07, 6.45) is 4.04. The van der Waals surface area contributed by atoms with Gasteiger partial charge in [0.15, 0.2) is 0 Å². The fraction of sp³-hybridized carbons (Fsp3) is 0.312. The third-order valence-electron chi connectivity index (χ3n) is 3.94. The van der Waals surface area contributed by atoms with Crippen molar-refractivity contribution in [3.05, 3.63) is 36.7 Å². The first-order valence-corrected chi connectivity index (χ1v) is 7.09. The Morgan fingerprint density at radius 2 is 2.10 bits per heavy atom. The molecule has 2 unspecified atom stereocenters. The van der Waals surface area contributed by atoms with Gasteiger partial charge in [-0.15, -0.1) is 0 Å². The summed E-state index contributed by atoms with van der Waals surface area (Å²) in [7, 11) is 0. The average Bonchev–Trinajstić information content (AvgIpc) is 2.51. The highest BCUT2D eigenvalue weighted by molar-refractivity contribution is 6.12. The van der Waals surface area contributed by atoms with E-state index in [0.29, 0.717) is 6.42 Å². The largest absolute Gasteiger partial charge is 0.343 e. The number of rotatable bonds is 2. The van der Waals surface area contributed by atoms with Gasteiger partial charge in [0.25, 0.3) is 0 Å². The lowest BCUT2D eigenvalue weighted by Gasteiger charge is -2.37. The first-order chi connectivity index (χ1) is 10.1. The quantitative estimate of drug-likeness (QED) is 0.915. The molecular formula is C16H17N3O2. The number of anilines is 1. The molecule has 0 bridgehead atoms. The van der Waals surface area contributed by atoms with E-state index in [4.69, 9.17) is 0 Å². The highest BCUT2D eigenvalue weighted by Gasteiger charge is 2.38. The molecule has 0 aliphatic carbocycles. The zero-order valence-electron chi connectivity index (χ0n) is 12.0. The van der Waals surface area contributed by atoms with Crippen LogP contribution < -0.4 is 10.2 Å². The highest BCUT2D eigenvalue weighted by Crippen LogP contribution is 2.29. The van der Waals surface area contributed by atoms with Crippen LogP contribution in [0, 0.1) is 0 Å². The Bertz CT molecular complexity index is 708. The summed E-state index contributed by atoms with van der Waals surface area (Å²) in [5, 5.41) is 4.65. The Labute approximate surface area is 123 Å². The third kappa shape index (κ3) is 2.14. The number of pyridine rings is 1. The van der Waals surface area contributed by atoms with Crippen molar-refractivity contribution >= 4 is 28.3 Å². The van der Waals surface area contributed by atoms with E-state index in [1.54, 1.807) is 24.2 Å². The summed E-state index contributed by atoms with van der Waals surface area (Å²) in [5.74, 6) is -0.179. The van der Waals surface area contributed by atoms with Gasteiger partial charge in [-0.2, -0.15) is 0 Å². The molecule has 2 amide bonds. The van der Waals surface area contributed by atoms with Gasteiger partial charge in [0.1, 0.15) is 12.1 Å². The van der Waals surface area contributed by atoms with E-state index in [2.05, 4.69) is 10.3 Å². The molecule has 2 heterocycles. The topological polar surface area (TPSA) is 62.3 Å². The molecule has 1 fully saturated rings. The van der Waals surface area contributed by atoms with Crippen LogP contribution in [0.5, 0.6) is 0 Å². The predicted molar refractivity (Wildman–Crippen MR) is 80.9 cm³/mol. The zero-order valence-corrected chi connectivity index (χ0v) is 12.0. The van der Waals surface area contributed by atoms with E-state index >= 15 is 0 Å². The maximum atomic E-state index is 12.7. The summed E-state index contributed by atoms with van der Waals surface area (Å²) in [4.78, 5) is 30.5. The van der Waals surface area contributed by atoms with Crippen molar-refractivity contribution in [3.63, 3.8) is 0 Å². The van der Waals surface area contributed by atoms with E-state index in [9.17, 15) is 9.59 Å². The van der Waals surface area contributed by atoms with E-state index in [0.717, 1.165) is 16.5 Å². The minimum absolute atomic E-state index is 0.0612. The monoisotopic (exact) mass is 283 g/mol. The van der Waals surface area contributed by atoms with E-state index < -0.39 is 12.1 Å². The van der Waals surface area contributed by atoms with Crippen LogP contribution in [0.2, 0.25) is 0 Å². The average molecular weight is 283 g/mol. The fourth-order valence-corrected chi connectivity index (χ4v) is 2.75. The summed E-state index contributed by atoms with van der Waals surface area (Å²) in [6.45, 7) is 3.64. The second kappa shape index (κ2) is 5.16. The molecule has 3 rings (SSSR count). The van der Waals surface area contributed by atoms with Crippen LogP contribution in [0.1, 0.15) is 20.3 Å². The van der Waals surface area contributed by atoms with Gasteiger partial charge in [-0.1, -0.05) is 19.1 Å². The number of carbonyl (C=O) groups excluding carboxylic acids is 2. The number of fused-ring (bicyclic) bond motifs is 1. The lowest BCUT2D eigenvalue weighted by atomic mass is 10.0. The van der Waals surface area contributed by atoms with E-state index in [-0.39, 0.29) is 11.8 Å². The second-order valence-corrected chi connectivity index (χ2v) is 5.23. The summed E-state index contributed by atoms with van der Waals surface area (Å²) in [5.41, 5.74) is 0.765. The molecule has 0 saturated carbocycles. The van der Waals surface area contributed by atoms with Crippen molar-refractivity contribution < 1.29 is 9.59 Å². The predicted octanol–water partition coefficient (Wildman–Crippen LogP) is 1.86. The summed E-state index contributed by atoms with van der Waals surface area (Å²) >= 11 is 0. The second-order valence-electron chi connectivity index (χ2n) is 5.23. The molecule has 1 saturated heterocycles. The first-order valence-electron chi connectivity index (χ1n) is 7.09. The molecule has 1 N–H and O–H groups in total. The number of nitrogens with zero attached hydrogens (tertiary/aromatic N) is 2. The Balaban J connectivity index is 2.15. The van der Waals surface area contributed by atoms with Crippen LogP contribution in [-0.2, 0) is 9.59 Å². The van der Waals surface area contributed by atoms with Gasteiger partial charge in [0.05, 0.1) is 5.69 Å². The van der Waals surface area contributed by atoms with Gasteiger partial charge >= 0.3 is 0 Å². The van der Waals surface area contributed by atoms with Crippen LogP contribution in [0.15, 0.2) is 36.7 Å². The van der Waals surface area contributed by atoms with Gasteiger partial charge in [-0.3, -0.25) is 19.5 Å². The lowest BCUT2D eigenvalue weighted by Crippen LogP contribution is -2.62. The standard InChI is InChI=1S/C16H17N3O2/c1-3-13-16(21)19(10(2)15(20)18-13)14-6-4-5-11-9-17-8-7-12(11)14/h4-10,13H,3H2,1-2H3,(H,18,20). The molecule has 108 valence electrons. The molecule has 1 aliphatic rings. The maximum absolute atomic E-state index is 12.7. The summed E-state index contributed by atoms with van der Waals surface area (Å²) in [6, 6.07) is 6.61. The van der Waals surface area contributed by atoms with Crippen LogP contribution in [0.4, 0.5) is 5.69 Å². The molecule has 1 aliphatic heterocycles. The zero-order chi connectivity index (χ0) is 15.0. The number of benzene rings is 1. The van der Waals surface area contributed by atoms with Crippen LogP contribution >= 0.6 is 0 Å². The molecule has 1 aromatic carbocycles. The maximum Gasteiger partial charge on any atom is 0.250 e. The molecule has 1 aromatic heterocycles. The molecule has 5 nitrogen and oxygen atoms in total. The summed E-state index contributed by atoms with van der Waals surface area (Å²) < 4.78 is 0. The highest BCUT2D eigenvalue weighted by atomic mass is 16.2. The Morgan fingerprint density at radius 3 is 2.86 bits per heavy atom. The number of aromatic nitrogens is 1. The van der Waals surface area contributed by atoms with Gasteiger partial charge in [0.2, 0.25) is 11.8 Å². The van der Waals surface area contributed by atoms with Crippen molar-refractivity contribution in [2.24, 2.45) is 0 Å². The van der Waals surface area contributed by atoms with Crippen molar-refractivity contribution in [3.8, 4) is 0 Å². The van der Waals surface area contributed by atoms with E-state index in [1.807, 2.05) is 31.2 Å². The minimum Gasteiger partial charge on any atom is -0.343 e. The Kier molecular flexibility index (Phi) is 3.33. The molecule has 0 spiro atoms. The fourth-order valence-electron chi connectivity index (χ4n) is 2.75. The van der Waals surface area contributed by atoms with Crippen molar-refractivity contribution in [2.75, 3.05) is 4.90 Å². The number of hydrogen-bond donors (Lipinski definition) is 1.